The van der Waals surface area contributed by atoms with E-state index in [9.17, 15) is 14.4 Å². The molecular weight excluding hydrogens is 338 g/mol. The third-order valence-corrected chi connectivity index (χ3v) is 4.22. The van der Waals surface area contributed by atoms with E-state index in [1.54, 1.807) is 18.5 Å². The normalized spacial score (nSPS) is 19.3. The summed E-state index contributed by atoms with van der Waals surface area (Å²) in [7, 11) is 0. The Kier molecular flexibility index (Phi) is 7.78. The number of amides is 3. The molecule has 1 fully saturated rings. The molecule has 1 aromatic heterocycles. The highest BCUT2D eigenvalue weighted by molar-refractivity contribution is 5.95. The van der Waals surface area contributed by atoms with Crippen molar-refractivity contribution >= 4 is 23.9 Å². The maximum Gasteiger partial charge on any atom is 0.321 e. The van der Waals surface area contributed by atoms with Crippen molar-refractivity contribution in [2.75, 3.05) is 18.5 Å². The maximum atomic E-state index is 11.8. The van der Waals surface area contributed by atoms with Gasteiger partial charge in [-0.3, -0.25) is 14.9 Å². The van der Waals surface area contributed by atoms with E-state index in [0.29, 0.717) is 11.9 Å². The van der Waals surface area contributed by atoms with Gasteiger partial charge in [0.25, 0.3) is 5.91 Å². The van der Waals surface area contributed by atoms with Crippen LogP contribution in [0.3, 0.4) is 0 Å². The van der Waals surface area contributed by atoms with Crippen molar-refractivity contribution in [2.24, 2.45) is 5.92 Å². The lowest BCUT2D eigenvalue weighted by Crippen LogP contribution is -2.48. The summed E-state index contributed by atoms with van der Waals surface area (Å²) in [6, 6.07) is 1.21. The molecule has 0 aromatic carbocycles. The molecule has 1 saturated carbocycles. The number of anilines is 1. The van der Waals surface area contributed by atoms with E-state index in [0.717, 1.165) is 19.3 Å². The molecule has 26 heavy (non-hydrogen) atoms. The van der Waals surface area contributed by atoms with Crippen molar-refractivity contribution in [3.63, 3.8) is 0 Å². The van der Waals surface area contributed by atoms with Crippen molar-refractivity contribution in [2.45, 2.75) is 45.1 Å². The zero-order chi connectivity index (χ0) is 18.8. The van der Waals surface area contributed by atoms with Crippen molar-refractivity contribution in [1.82, 2.24) is 20.6 Å². The van der Waals surface area contributed by atoms with Crippen LogP contribution >= 0.6 is 0 Å². The molecule has 1 heterocycles. The van der Waals surface area contributed by atoms with Gasteiger partial charge in [-0.1, -0.05) is 19.8 Å². The minimum atomic E-state index is -0.654. The van der Waals surface area contributed by atoms with Gasteiger partial charge in [-0.05, 0) is 24.8 Å². The molecule has 0 aliphatic heterocycles. The third-order valence-electron chi connectivity index (χ3n) is 4.22. The second-order valence-electron chi connectivity index (χ2n) is 6.30. The topological polar surface area (TPSA) is 122 Å². The summed E-state index contributed by atoms with van der Waals surface area (Å²) >= 11 is 0. The van der Waals surface area contributed by atoms with Crippen LogP contribution in [0, 0.1) is 5.92 Å². The van der Waals surface area contributed by atoms with Crippen molar-refractivity contribution in [3.05, 3.63) is 18.5 Å². The molecule has 1 aromatic rings. The fourth-order valence-corrected chi connectivity index (χ4v) is 2.78. The van der Waals surface area contributed by atoms with E-state index in [-0.39, 0.29) is 19.0 Å². The van der Waals surface area contributed by atoms with E-state index in [1.807, 2.05) is 0 Å². The number of rotatable bonds is 7. The summed E-state index contributed by atoms with van der Waals surface area (Å²) in [5, 5.41) is 7.84. The lowest BCUT2D eigenvalue weighted by atomic mass is 9.86. The Morgan fingerprint density at radius 3 is 2.65 bits per heavy atom. The lowest BCUT2D eigenvalue weighted by Gasteiger charge is -2.29. The van der Waals surface area contributed by atoms with E-state index >= 15 is 0 Å². The van der Waals surface area contributed by atoms with Crippen LogP contribution in [0.5, 0.6) is 0 Å². The van der Waals surface area contributed by atoms with E-state index < -0.39 is 24.5 Å². The van der Waals surface area contributed by atoms with Gasteiger partial charge < -0.3 is 15.4 Å². The van der Waals surface area contributed by atoms with Gasteiger partial charge in [0, 0.05) is 25.0 Å². The van der Waals surface area contributed by atoms with Crippen LogP contribution in [0.15, 0.2) is 18.5 Å². The van der Waals surface area contributed by atoms with Crippen molar-refractivity contribution in [1.29, 1.82) is 0 Å². The van der Waals surface area contributed by atoms with Crippen molar-refractivity contribution < 1.29 is 19.1 Å². The number of imide groups is 1. The summed E-state index contributed by atoms with van der Waals surface area (Å²) in [6.45, 7) is 1.88. The SMILES string of the molecule is CC1CCCCC1NC(=O)NC(=O)COC(=O)CCNc1ncccn1. The molecule has 1 aliphatic carbocycles. The molecule has 0 spiro atoms. The minimum Gasteiger partial charge on any atom is -0.456 e. The van der Waals surface area contributed by atoms with Crippen molar-refractivity contribution in [3.8, 4) is 0 Å². The average molecular weight is 363 g/mol. The van der Waals surface area contributed by atoms with Gasteiger partial charge >= 0.3 is 12.0 Å². The Labute approximate surface area is 152 Å². The van der Waals surface area contributed by atoms with Crippen LogP contribution in [0.2, 0.25) is 0 Å². The number of carbonyl (C=O) groups excluding carboxylic acids is 3. The zero-order valence-corrected chi connectivity index (χ0v) is 14.9. The van der Waals surface area contributed by atoms with Gasteiger partial charge in [-0.15, -0.1) is 0 Å². The highest BCUT2D eigenvalue weighted by Crippen LogP contribution is 2.23. The summed E-state index contributed by atoms with van der Waals surface area (Å²) < 4.78 is 4.84. The first-order valence-electron chi connectivity index (χ1n) is 8.81. The van der Waals surface area contributed by atoms with E-state index in [2.05, 4.69) is 32.8 Å². The molecule has 142 valence electrons. The zero-order valence-electron chi connectivity index (χ0n) is 14.9. The minimum absolute atomic E-state index is 0.0529. The Morgan fingerprint density at radius 1 is 1.19 bits per heavy atom. The molecule has 0 bridgehead atoms. The standard InChI is InChI=1S/C17H25N5O4/c1-12-5-2-3-6-13(12)21-17(25)22-14(23)11-26-15(24)7-10-20-16-18-8-4-9-19-16/h4,8-9,12-13H,2-3,5-7,10-11H2,1H3,(H,18,19,20)(H2,21,22,23,25). The molecule has 2 rings (SSSR count). The molecule has 1 aliphatic rings. The Morgan fingerprint density at radius 2 is 1.92 bits per heavy atom. The number of hydrogen-bond acceptors (Lipinski definition) is 7. The number of urea groups is 1. The van der Waals surface area contributed by atoms with Crippen LogP contribution in [0.4, 0.5) is 10.7 Å². The first kappa shape index (κ1) is 19.6. The monoisotopic (exact) mass is 363 g/mol. The first-order valence-corrected chi connectivity index (χ1v) is 8.81. The summed E-state index contributed by atoms with van der Waals surface area (Å²) in [6.07, 6.45) is 7.43. The molecule has 2 unspecified atom stereocenters. The largest absolute Gasteiger partial charge is 0.456 e. The fourth-order valence-electron chi connectivity index (χ4n) is 2.78. The second kappa shape index (κ2) is 10.3. The number of nitrogens with zero attached hydrogens (tertiary/aromatic N) is 2. The summed E-state index contributed by atoms with van der Waals surface area (Å²) in [5.74, 6) is -0.404. The van der Waals surface area contributed by atoms with Crippen LogP contribution in [0.1, 0.15) is 39.0 Å². The van der Waals surface area contributed by atoms with Gasteiger partial charge in [-0.2, -0.15) is 0 Å². The summed E-state index contributed by atoms with van der Waals surface area (Å²) in [4.78, 5) is 43.0. The number of ether oxygens (including phenoxy) is 1. The smallest absolute Gasteiger partial charge is 0.321 e. The predicted octanol–water partition coefficient (Wildman–Crippen LogP) is 1.23. The number of carbonyl (C=O) groups is 3. The molecule has 9 heteroatoms. The molecule has 3 N–H and O–H groups in total. The molecule has 3 amide bonds. The fraction of sp³-hybridized carbons (Fsp3) is 0.588. The Bertz CT molecular complexity index is 610. The number of esters is 1. The molecule has 2 atom stereocenters. The highest BCUT2D eigenvalue weighted by Gasteiger charge is 2.23. The molecule has 0 radical (unpaired) electrons. The maximum absolute atomic E-state index is 11.8. The Hall–Kier alpha value is -2.71. The molecule has 9 nitrogen and oxygen atoms in total. The van der Waals surface area contributed by atoms with Gasteiger partial charge in [0.15, 0.2) is 6.61 Å². The number of nitrogens with one attached hydrogen (secondary N) is 3. The molecule has 0 saturated heterocycles. The van der Waals surface area contributed by atoms with E-state index in [4.69, 9.17) is 4.74 Å². The van der Waals surface area contributed by atoms with Gasteiger partial charge in [0.2, 0.25) is 5.95 Å². The van der Waals surface area contributed by atoms with Gasteiger partial charge in [0.1, 0.15) is 0 Å². The Balaban J connectivity index is 1.58. The van der Waals surface area contributed by atoms with Crippen LogP contribution < -0.4 is 16.0 Å². The van der Waals surface area contributed by atoms with Gasteiger partial charge in [0.05, 0.1) is 6.42 Å². The highest BCUT2D eigenvalue weighted by atomic mass is 16.5. The quantitative estimate of drug-likeness (QED) is 0.623. The number of hydrogen-bond donors (Lipinski definition) is 3. The van der Waals surface area contributed by atoms with Gasteiger partial charge in [-0.25, -0.2) is 14.8 Å². The predicted molar refractivity (Wildman–Crippen MR) is 94.2 cm³/mol. The number of aromatic nitrogens is 2. The lowest BCUT2D eigenvalue weighted by molar-refractivity contribution is -0.148. The average Bonchev–Trinajstić information content (AvgIpc) is 2.63. The first-order chi connectivity index (χ1) is 12.5. The summed E-state index contributed by atoms with van der Waals surface area (Å²) in [5.41, 5.74) is 0. The third kappa shape index (κ3) is 7.04. The van der Waals surface area contributed by atoms with Crippen LogP contribution in [-0.4, -0.2) is 47.1 Å². The molecular formula is C17H25N5O4. The van der Waals surface area contributed by atoms with Crippen LogP contribution in [-0.2, 0) is 14.3 Å². The second-order valence-corrected chi connectivity index (χ2v) is 6.30. The van der Waals surface area contributed by atoms with Crippen LogP contribution in [0.25, 0.3) is 0 Å². The van der Waals surface area contributed by atoms with E-state index in [1.165, 1.54) is 6.42 Å².